The van der Waals surface area contributed by atoms with E-state index in [-0.39, 0.29) is 6.10 Å². The van der Waals surface area contributed by atoms with Crippen LogP contribution >= 0.6 is 0 Å². The van der Waals surface area contributed by atoms with Gasteiger partial charge in [0.2, 0.25) is 5.95 Å². The summed E-state index contributed by atoms with van der Waals surface area (Å²) in [4.78, 5) is 15.2. The quantitative estimate of drug-likeness (QED) is 0.649. The SMILES string of the molecule is CN(C)c1ccc(Nc2nccc(-c3ccc(OC4CCOCC4)c(C#N)c3)n2)cn1. The highest BCUT2D eigenvalue weighted by Gasteiger charge is 2.17. The molecule has 2 aromatic heterocycles. The van der Waals surface area contributed by atoms with Gasteiger partial charge in [-0.15, -0.1) is 0 Å². The molecule has 0 radical (unpaired) electrons. The van der Waals surface area contributed by atoms with E-state index in [0.29, 0.717) is 36.2 Å². The van der Waals surface area contributed by atoms with E-state index >= 15 is 0 Å². The lowest BCUT2D eigenvalue weighted by molar-refractivity contribution is 0.0254. The van der Waals surface area contributed by atoms with Gasteiger partial charge in [-0.25, -0.2) is 15.0 Å². The van der Waals surface area contributed by atoms with Crippen LogP contribution in [0.3, 0.4) is 0 Å². The fraction of sp³-hybridized carbons (Fsp3) is 0.304. The highest BCUT2D eigenvalue weighted by Crippen LogP contribution is 2.28. The lowest BCUT2D eigenvalue weighted by atomic mass is 10.1. The van der Waals surface area contributed by atoms with E-state index in [1.807, 2.05) is 49.3 Å². The predicted molar refractivity (Wildman–Crippen MR) is 118 cm³/mol. The molecule has 1 N–H and O–H groups in total. The van der Waals surface area contributed by atoms with Gasteiger partial charge in [0, 0.05) is 38.7 Å². The second-order valence-corrected chi connectivity index (χ2v) is 7.44. The average molecular weight is 416 g/mol. The van der Waals surface area contributed by atoms with Gasteiger partial charge in [0.05, 0.1) is 36.4 Å². The summed E-state index contributed by atoms with van der Waals surface area (Å²) in [6, 6.07) is 13.4. The van der Waals surface area contributed by atoms with Crippen LogP contribution in [0, 0.1) is 11.3 Å². The number of rotatable bonds is 6. The van der Waals surface area contributed by atoms with Gasteiger partial charge in [0.15, 0.2) is 0 Å². The number of hydrogen-bond donors (Lipinski definition) is 1. The number of ether oxygens (including phenoxy) is 2. The van der Waals surface area contributed by atoms with Gasteiger partial charge in [0.25, 0.3) is 0 Å². The maximum absolute atomic E-state index is 9.62. The number of nitrogens with zero attached hydrogens (tertiary/aromatic N) is 5. The van der Waals surface area contributed by atoms with Gasteiger partial charge < -0.3 is 19.7 Å². The van der Waals surface area contributed by atoms with Gasteiger partial charge in [-0.05, 0) is 36.4 Å². The van der Waals surface area contributed by atoms with Crippen LogP contribution < -0.4 is 15.0 Å². The van der Waals surface area contributed by atoms with Crippen molar-refractivity contribution in [3.05, 3.63) is 54.4 Å². The van der Waals surface area contributed by atoms with Crippen LogP contribution in [0.15, 0.2) is 48.8 Å². The van der Waals surface area contributed by atoms with Crippen molar-refractivity contribution >= 4 is 17.5 Å². The summed E-state index contributed by atoms with van der Waals surface area (Å²) in [5.74, 6) is 1.92. The molecule has 31 heavy (non-hydrogen) atoms. The van der Waals surface area contributed by atoms with Crippen LogP contribution in [-0.2, 0) is 4.74 Å². The van der Waals surface area contributed by atoms with E-state index in [1.165, 1.54) is 0 Å². The van der Waals surface area contributed by atoms with E-state index in [0.717, 1.165) is 29.9 Å². The highest BCUT2D eigenvalue weighted by molar-refractivity contribution is 5.66. The molecule has 0 unspecified atom stereocenters. The zero-order valence-corrected chi connectivity index (χ0v) is 17.6. The molecular formula is C23H24N6O2. The third kappa shape index (κ3) is 5.08. The number of pyridine rings is 1. The molecule has 3 aromatic rings. The normalized spacial score (nSPS) is 14.0. The van der Waals surface area contributed by atoms with Crippen molar-refractivity contribution in [2.45, 2.75) is 18.9 Å². The standard InChI is InChI=1S/C23H24N6O2/c1-29(2)22-6-4-18(15-26-22)27-23-25-10-7-20(28-23)16-3-5-21(17(13-16)14-24)31-19-8-11-30-12-9-19/h3-7,10,13,15,19H,8-9,11-12H2,1-2H3,(H,25,27,28). The Morgan fingerprint density at radius 1 is 1.13 bits per heavy atom. The molecule has 4 rings (SSSR count). The molecule has 1 fully saturated rings. The number of hydrogen-bond acceptors (Lipinski definition) is 8. The van der Waals surface area contributed by atoms with Crippen LogP contribution in [-0.4, -0.2) is 48.4 Å². The van der Waals surface area contributed by atoms with Crippen molar-refractivity contribution in [3.8, 4) is 23.1 Å². The molecule has 0 aliphatic carbocycles. The van der Waals surface area contributed by atoms with Gasteiger partial charge in [-0.3, -0.25) is 0 Å². The number of anilines is 3. The molecule has 8 nitrogen and oxygen atoms in total. The number of nitrogens with one attached hydrogen (secondary N) is 1. The van der Waals surface area contributed by atoms with Gasteiger partial charge in [-0.2, -0.15) is 5.26 Å². The molecular weight excluding hydrogens is 392 g/mol. The van der Waals surface area contributed by atoms with E-state index in [2.05, 4.69) is 26.3 Å². The minimum absolute atomic E-state index is 0.0778. The Kier molecular flexibility index (Phi) is 6.24. The maximum Gasteiger partial charge on any atom is 0.227 e. The van der Waals surface area contributed by atoms with Crippen LogP contribution in [0.4, 0.5) is 17.5 Å². The number of aromatic nitrogens is 3. The molecule has 0 spiro atoms. The Morgan fingerprint density at radius 3 is 2.68 bits per heavy atom. The number of nitriles is 1. The van der Waals surface area contributed by atoms with E-state index in [4.69, 9.17) is 9.47 Å². The van der Waals surface area contributed by atoms with Crippen LogP contribution in [0.25, 0.3) is 11.3 Å². The Hall–Kier alpha value is -3.70. The monoisotopic (exact) mass is 416 g/mol. The third-order valence-corrected chi connectivity index (χ3v) is 4.98. The molecule has 0 atom stereocenters. The van der Waals surface area contributed by atoms with Crippen molar-refractivity contribution in [3.63, 3.8) is 0 Å². The Balaban J connectivity index is 1.52. The predicted octanol–water partition coefficient (Wildman–Crippen LogP) is 3.78. The minimum Gasteiger partial charge on any atom is -0.489 e. The molecule has 8 heteroatoms. The topological polar surface area (TPSA) is 96.2 Å². The molecule has 3 heterocycles. The maximum atomic E-state index is 9.62. The molecule has 1 saturated heterocycles. The van der Waals surface area contributed by atoms with E-state index in [9.17, 15) is 5.26 Å². The largest absolute Gasteiger partial charge is 0.489 e. The summed E-state index contributed by atoms with van der Waals surface area (Å²) in [6.07, 6.45) is 5.16. The van der Waals surface area contributed by atoms with Gasteiger partial charge in [0.1, 0.15) is 23.7 Å². The zero-order chi connectivity index (χ0) is 21.6. The Morgan fingerprint density at radius 2 is 1.97 bits per heavy atom. The van der Waals surface area contributed by atoms with Gasteiger partial charge in [-0.1, -0.05) is 0 Å². The summed E-state index contributed by atoms with van der Waals surface area (Å²) in [7, 11) is 3.88. The van der Waals surface area contributed by atoms with Crippen LogP contribution in [0.2, 0.25) is 0 Å². The first-order chi connectivity index (χ1) is 15.1. The molecule has 1 aliphatic heterocycles. The second kappa shape index (κ2) is 9.41. The Bertz CT molecular complexity index is 1070. The van der Waals surface area contributed by atoms with Crippen molar-refractivity contribution < 1.29 is 9.47 Å². The fourth-order valence-corrected chi connectivity index (χ4v) is 3.29. The molecule has 158 valence electrons. The molecule has 0 saturated carbocycles. The van der Waals surface area contributed by atoms with Crippen molar-refractivity contribution in [1.82, 2.24) is 15.0 Å². The molecule has 0 bridgehead atoms. The zero-order valence-electron chi connectivity index (χ0n) is 17.6. The highest BCUT2D eigenvalue weighted by atomic mass is 16.5. The summed E-state index contributed by atoms with van der Waals surface area (Å²) in [6.45, 7) is 1.38. The molecule has 1 aromatic carbocycles. The summed E-state index contributed by atoms with van der Waals surface area (Å²) < 4.78 is 11.4. The van der Waals surface area contributed by atoms with E-state index < -0.39 is 0 Å². The van der Waals surface area contributed by atoms with Crippen molar-refractivity contribution in [2.24, 2.45) is 0 Å². The lowest BCUT2D eigenvalue weighted by Crippen LogP contribution is -2.26. The first-order valence-electron chi connectivity index (χ1n) is 10.1. The summed E-state index contributed by atoms with van der Waals surface area (Å²) in [5.41, 5.74) is 2.81. The van der Waals surface area contributed by atoms with Crippen molar-refractivity contribution in [2.75, 3.05) is 37.5 Å². The first kappa shape index (κ1) is 20.6. The first-order valence-corrected chi connectivity index (χ1v) is 10.1. The lowest BCUT2D eigenvalue weighted by Gasteiger charge is -2.23. The minimum atomic E-state index is 0.0778. The van der Waals surface area contributed by atoms with Crippen LogP contribution in [0.5, 0.6) is 5.75 Å². The second-order valence-electron chi connectivity index (χ2n) is 7.44. The van der Waals surface area contributed by atoms with Crippen LogP contribution in [0.1, 0.15) is 18.4 Å². The molecule has 0 amide bonds. The van der Waals surface area contributed by atoms with Crippen molar-refractivity contribution in [1.29, 1.82) is 5.26 Å². The van der Waals surface area contributed by atoms with Gasteiger partial charge >= 0.3 is 0 Å². The number of benzene rings is 1. The van der Waals surface area contributed by atoms with E-state index in [1.54, 1.807) is 18.5 Å². The Labute approximate surface area is 181 Å². The average Bonchev–Trinajstić information content (AvgIpc) is 2.80. The summed E-state index contributed by atoms with van der Waals surface area (Å²) >= 11 is 0. The molecule has 1 aliphatic rings. The summed E-state index contributed by atoms with van der Waals surface area (Å²) in [5, 5.41) is 12.8. The fourth-order valence-electron chi connectivity index (χ4n) is 3.29. The smallest absolute Gasteiger partial charge is 0.227 e. The third-order valence-electron chi connectivity index (χ3n) is 4.98.